The average Bonchev–Trinajstić information content (AvgIpc) is 3.60. The summed E-state index contributed by atoms with van der Waals surface area (Å²) >= 11 is 0. The van der Waals surface area contributed by atoms with Gasteiger partial charge in [-0.1, -0.05) is 30.3 Å². The highest BCUT2D eigenvalue weighted by molar-refractivity contribution is 6.14. The number of carbonyl (C=O) groups is 2. The molecule has 2 aromatic carbocycles. The van der Waals surface area contributed by atoms with Crippen LogP contribution in [0.5, 0.6) is 5.88 Å². The van der Waals surface area contributed by atoms with Crippen LogP contribution in [-0.2, 0) is 9.59 Å². The third kappa shape index (κ3) is 8.66. The summed E-state index contributed by atoms with van der Waals surface area (Å²) in [5.74, 6) is -0.802. The van der Waals surface area contributed by atoms with Crippen LogP contribution in [0.25, 0.3) is 5.57 Å². The zero-order chi connectivity index (χ0) is 36.7. The summed E-state index contributed by atoms with van der Waals surface area (Å²) in [5.41, 5.74) is 9.37. The second-order valence-corrected chi connectivity index (χ2v) is 12.9. The molecular formula is C38H46FN9O3. The number of ether oxygens (including phenoxy) is 1. The summed E-state index contributed by atoms with van der Waals surface area (Å²) in [5, 5.41) is 19.6. The molecule has 0 spiro atoms. The second-order valence-electron chi connectivity index (χ2n) is 12.9. The smallest absolute Gasteiger partial charge is 0.237 e. The molecule has 1 saturated heterocycles. The van der Waals surface area contributed by atoms with Gasteiger partial charge in [0.05, 0.1) is 41.9 Å². The molecule has 2 aliphatic heterocycles. The standard InChI is InChI=1S/C38H46FN9O3/c1-5-48(31-12-11-30(40)34(35(31)39)36(41)28-10-13-32(44-20-28)51-24(2)3)38(50)29-14-17-46(21-29)22-33(49)47-18-15-26(16-19-47)25-6-8-27(9-7-25)37(42)45-23-43-4/h6-13,15,20,23-24,29,41H,5,14,16-19,21-22,40H2,1-4H3,(H2,42,43,45)/t29-/m1/s1. The quantitative estimate of drug-likeness (QED) is 0.123. The van der Waals surface area contributed by atoms with Crippen LogP contribution in [0.3, 0.4) is 0 Å². The molecule has 2 amide bonds. The second kappa shape index (κ2) is 16.5. The summed E-state index contributed by atoms with van der Waals surface area (Å²) < 4.78 is 21.7. The third-order valence-corrected chi connectivity index (χ3v) is 9.05. The number of nitrogens with zero attached hydrogens (tertiary/aromatic N) is 5. The summed E-state index contributed by atoms with van der Waals surface area (Å²) in [6, 6.07) is 14.0. The van der Waals surface area contributed by atoms with E-state index in [0.29, 0.717) is 50.5 Å². The Hall–Kier alpha value is -5.43. The number of benzene rings is 2. The fourth-order valence-electron chi connectivity index (χ4n) is 6.36. The Balaban J connectivity index is 1.19. The minimum absolute atomic E-state index is 0.00274. The molecule has 1 fully saturated rings. The number of nitrogen functional groups attached to an aromatic ring is 1. The Labute approximate surface area is 298 Å². The highest BCUT2D eigenvalue weighted by atomic mass is 19.1. The van der Waals surface area contributed by atoms with Crippen molar-refractivity contribution in [2.45, 2.75) is 39.7 Å². The normalized spacial score (nSPS) is 16.3. The van der Waals surface area contributed by atoms with Crippen LogP contribution >= 0.6 is 0 Å². The van der Waals surface area contributed by atoms with Gasteiger partial charge in [0.25, 0.3) is 0 Å². The first-order valence-corrected chi connectivity index (χ1v) is 17.2. The van der Waals surface area contributed by atoms with Gasteiger partial charge in [-0.3, -0.25) is 25.3 Å². The van der Waals surface area contributed by atoms with Crippen LogP contribution in [0.2, 0.25) is 0 Å². The molecule has 268 valence electrons. The number of hydrogen-bond donors (Lipinski definition) is 4. The van der Waals surface area contributed by atoms with Gasteiger partial charge in [-0.2, -0.15) is 0 Å². The number of amides is 2. The molecule has 0 radical (unpaired) electrons. The van der Waals surface area contributed by atoms with Gasteiger partial charge in [0.15, 0.2) is 11.7 Å². The fraction of sp³-hybridized carbons (Fsp3) is 0.368. The van der Waals surface area contributed by atoms with Gasteiger partial charge in [-0.25, -0.2) is 14.4 Å². The molecule has 51 heavy (non-hydrogen) atoms. The molecule has 13 heteroatoms. The lowest BCUT2D eigenvalue weighted by atomic mass is 9.98. The number of rotatable bonds is 12. The van der Waals surface area contributed by atoms with E-state index >= 15 is 4.39 Å². The first kappa shape index (κ1) is 36.8. The van der Waals surface area contributed by atoms with E-state index in [1.165, 1.54) is 29.6 Å². The zero-order valence-corrected chi connectivity index (χ0v) is 29.6. The molecule has 0 saturated carbocycles. The van der Waals surface area contributed by atoms with E-state index < -0.39 is 11.7 Å². The van der Waals surface area contributed by atoms with Crippen molar-refractivity contribution in [3.8, 4) is 5.88 Å². The van der Waals surface area contributed by atoms with E-state index in [0.717, 1.165) is 16.7 Å². The first-order valence-electron chi connectivity index (χ1n) is 17.2. The summed E-state index contributed by atoms with van der Waals surface area (Å²) in [7, 11) is 1.73. The lowest BCUT2D eigenvalue weighted by molar-refractivity contribution is -0.132. The Morgan fingerprint density at radius 2 is 1.88 bits per heavy atom. The van der Waals surface area contributed by atoms with Crippen LogP contribution in [0.15, 0.2) is 65.8 Å². The first-order chi connectivity index (χ1) is 24.5. The predicted molar refractivity (Wildman–Crippen MR) is 199 cm³/mol. The maximum absolute atomic E-state index is 16.1. The van der Waals surface area contributed by atoms with Crippen molar-refractivity contribution < 1.29 is 18.7 Å². The van der Waals surface area contributed by atoms with Gasteiger partial charge in [0.2, 0.25) is 17.7 Å². The van der Waals surface area contributed by atoms with E-state index in [1.54, 1.807) is 26.1 Å². The monoisotopic (exact) mass is 695 g/mol. The highest BCUT2D eigenvalue weighted by Gasteiger charge is 2.34. The molecule has 12 nitrogen and oxygen atoms in total. The SMILES string of the molecule is CCN(C(=O)[C@@H]1CCN(CC(=O)N2CC=C(c3ccc(C(=N)/N=C\NC)cc3)CC2)C1)c1ccc(N)c(C(=N)c2ccc(OC(C)C)nc2)c1F. The largest absolute Gasteiger partial charge is 0.475 e. The van der Waals surface area contributed by atoms with Gasteiger partial charge in [-0.05, 0) is 69.5 Å². The van der Waals surface area contributed by atoms with Crippen LogP contribution in [-0.4, -0.2) is 96.9 Å². The number of aliphatic imine (C=N–C) groups is 1. The van der Waals surface area contributed by atoms with Crippen LogP contribution in [0.4, 0.5) is 15.8 Å². The number of aromatic nitrogens is 1. The van der Waals surface area contributed by atoms with E-state index in [2.05, 4.69) is 21.4 Å². The maximum Gasteiger partial charge on any atom is 0.237 e. The number of nitrogens with one attached hydrogen (secondary N) is 3. The Morgan fingerprint density at radius 3 is 2.51 bits per heavy atom. The van der Waals surface area contributed by atoms with Gasteiger partial charge in [-0.15, -0.1) is 0 Å². The molecular weight excluding hydrogens is 649 g/mol. The van der Waals surface area contributed by atoms with Crippen LogP contribution < -0.4 is 20.7 Å². The van der Waals surface area contributed by atoms with Crippen LogP contribution in [0, 0.1) is 22.6 Å². The zero-order valence-electron chi connectivity index (χ0n) is 29.6. The molecule has 2 aliphatic rings. The molecule has 0 bridgehead atoms. The van der Waals surface area contributed by atoms with E-state index in [1.807, 2.05) is 47.9 Å². The molecule has 1 aromatic heterocycles. The average molecular weight is 696 g/mol. The minimum atomic E-state index is -0.741. The molecule has 3 aromatic rings. The van der Waals surface area contributed by atoms with Gasteiger partial charge in [0.1, 0.15) is 0 Å². The van der Waals surface area contributed by atoms with Gasteiger partial charge < -0.3 is 25.6 Å². The molecule has 5 rings (SSSR count). The lowest BCUT2D eigenvalue weighted by Gasteiger charge is -2.29. The summed E-state index contributed by atoms with van der Waals surface area (Å²) in [4.78, 5) is 40.6. The van der Waals surface area contributed by atoms with Crippen molar-refractivity contribution in [1.29, 1.82) is 10.8 Å². The Morgan fingerprint density at radius 1 is 1.14 bits per heavy atom. The number of nitrogens with two attached hydrogens (primary N) is 1. The van der Waals surface area contributed by atoms with Crippen molar-refractivity contribution in [2.24, 2.45) is 10.9 Å². The van der Waals surface area contributed by atoms with Gasteiger partial charge in [0, 0.05) is 62.3 Å². The minimum Gasteiger partial charge on any atom is -0.475 e. The number of hydrogen-bond acceptors (Lipinski definition) is 8. The maximum atomic E-state index is 16.1. The van der Waals surface area contributed by atoms with Crippen molar-refractivity contribution in [3.05, 3.63) is 88.9 Å². The van der Waals surface area contributed by atoms with E-state index in [-0.39, 0.29) is 59.5 Å². The predicted octanol–water partition coefficient (Wildman–Crippen LogP) is 4.57. The molecule has 3 heterocycles. The van der Waals surface area contributed by atoms with Gasteiger partial charge >= 0.3 is 0 Å². The van der Waals surface area contributed by atoms with Crippen molar-refractivity contribution in [2.75, 3.05) is 56.9 Å². The van der Waals surface area contributed by atoms with Crippen molar-refractivity contribution >= 4 is 46.6 Å². The Kier molecular flexibility index (Phi) is 11.9. The molecule has 0 aliphatic carbocycles. The van der Waals surface area contributed by atoms with E-state index in [9.17, 15) is 9.59 Å². The Bertz CT molecular complexity index is 1820. The molecule has 0 unspecified atom stereocenters. The van der Waals surface area contributed by atoms with Crippen molar-refractivity contribution in [1.82, 2.24) is 20.1 Å². The number of likely N-dealkylation sites (tertiary alicyclic amines) is 1. The highest BCUT2D eigenvalue weighted by Crippen LogP contribution is 2.31. The lowest BCUT2D eigenvalue weighted by Crippen LogP contribution is -2.42. The number of carbonyl (C=O) groups excluding carboxylic acids is 2. The number of pyridine rings is 1. The number of amidine groups is 1. The van der Waals surface area contributed by atoms with E-state index in [4.69, 9.17) is 21.3 Å². The number of anilines is 2. The van der Waals surface area contributed by atoms with Crippen LogP contribution in [0.1, 0.15) is 55.9 Å². The third-order valence-electron chi connectivity index (χ3n) is 9.05. The molecule has 5 N–H and O–H groups in total. The summed E-state index contributed by atoms with van der Waals surface area (Å²) in [6.45, 7) is 8.04. The molecule has 1 atom stereocenters. The van der Waals surface area contributed by atoms with Crippen molar-refractivity contribution in [3.63, 3.8) is 0 Å². The fourth-order valence-corrected chi connectivity index (χ4v) is 6.36. The summed E-state index contributed by atoms with van der Waals surface area (Å²) in [6.07, 6.45) is 6.19. The topological polar surface area (TPSA) is 164 Å². The number of halogens is 1.